The van der Waals surface area contributed by atoms with Gasteiger partial charge in [-0.2, -0.15) is 8.42 Å². The Morgan fingerprint density at radius 3 is 2.50 bits per heavy atom. The van der Waals surface area contributed by atoms with E-state index in [2.05, 4.69) is 49.4 Å². The molecule has 0 saturated heterocycles. The van der Waals surface area contributed by atoms with Crippen LogP contribution in [0.2, 0.25) is 0 Å². The van der Waals surface area contributed by atoms with Crippen LogP contribution in [0.1, 0.15) is 76.1 Å². The predicted molar refractivity (Wildman–Crippen MR) is 133 cm³/mol. The highest BCUT2D eigenvalue weighted by molar-refractivity contribution is 14.1. The van der Waals surface area contributed by atoms with E-state index in [0.29, 0.717) is 15.3 Å². The molecule has 0 bridgehead atoms. The minimum Gasteiger partial charge on any atom is -0.478 e. The summed E-state index contributed by atoms with van der Waals surface area (Å²) in [6.07, 6.45) is 10.3. The highest BCUT2D eigenvalue weighted by Crippen LogP contribution is 2.63. The van der Waals surface area contributed by atoms with E-state index in [1.165, 1.54) is 37.1 Å². The second-order valence-electron chi connectivity index (χ2n) is 10.8. The van der Waals surface area contributed by atoms with Crippen LogP contribution < -0.4 is 0 Å². The molecule has 5 nitrogen and oxygen atoms in total. The first-order valence-electron chi connectivity index (χ1n) is 11.5. The van der Waals surface area contributed by atoms with Crippen molar-refractivity contribution in [2.24, 2.45) is 22.7 Å². The summed E-state index contributed by atoms with van der Waals surface area (Å²) in [5, 5.41) is 9.05. The Morgan fingerprint density at radius 2 is 1.84 bits per heavy atom. The van der Waals surface area contributed by atoms with E-state index in [9.17, 15) is 13.2 Å². The Labute approximate surface area is 205 Å². The molecule has 5 atom stereocenters. The maximum Gasteiger partial charge on any atom is 0.335 e. The van der Waals surface area contributed by atoms with Gasteiger partial charge in [0.05, 0.1) is 17.1 Å². The molecule has 0 aliphatic heterocycles. The first kappa shape index (κ1) is 24.2. The zero-order valence-electron chi connectivity index (χ0n) is 19.1. The monoisotopic (exact) mass is 572 g/mol. The van der Waals surface area contributed by atoms with Gasteiger partial charge in [0.1, 0.15) is 0 Å². The minimum atomic E-state index is -3.95. The average Bonchev–Trinajstić information content (AvgIpc) is 2.71. The van der Waals surface area contributed by atoms with Gasteiger partial charge >= 0.3 is 5.97 Å². The van der Waals surface area contributed by atoms with Crippen LogP contribution >= 0.6 is 22.6 Å². The second-order valence-corrected chi connectivity index (χ2v) is 15.0. The molecule has 0 spiro atoms. The standard InChI is InChI=1S/C25H33IO5S/c1-23(16-31-32(29,30)19-8-5-17(6-9-19)22(27)28)12-4-13-25(3)20-11-14-24(2,26)15-18(20)7-10-21(23)25/h5-6,8-9,11,18,21H,4,7,10,12-16H2,1-3H3,(H,27,28)/t18?,21?,23-,24-,25-/m0/s1. The lowest BCUT2D eigenvalue weighted by Gasteiger charge is -2.59. The number of allylic oxidation sites excluding steroid dienone is 2. The van der Waals surface area contributed by atoms with Crippen LogP contribution in [0.15, 0.2) is 40.8 Å². The topological polar surface area (TPSA) is 80.7 Å². The van der Waals surface area contributed by atoms with Gasteiger partial charge in [0.15, 0.2) is 0 Å². The summed E-state index contributed by atoms with van der Waals surface area (Å²) in [6, 6.07) is 5.22. The number of halogens is 1. The zero-order chi connectivity index (χ0) is 23.4. The number of rotatable bonds is 5. The Bertz CT molecular complexity index is 1030. The van der Waals surface area contributed by atoms with Crippen molar-refractivity contribution in [3.8, 4) is 0 Å². The maximum absolute atomic E-state index is 12.9. The molecule has 1 N–H and O–H groups in total. The molecule has 0 heterocycles. The van der Waals surface area contributed by atoms with Crippen LogP contribution in [-0.4, -0.2) is 29.5 Å². The van der Waals surface area contributed by atoms with Crippen molar-refractivity contribution in [2.45, 2.75) is 74.0 Å². The number of benzene rings is 1. The van der Waals surface area contributed by atoms with Crippen LogP contribution in [0.3, 0.4) is 0 Å². The Kier molecular flexibility index (Phi) is 6.34. The highest BCUT2D eigenvalue weighted by Gasteiger charge is 2.55. The van der Waals surface area contributed by atoms with E-state index in [1.54, 1.807) is 5.57 Å². The highest BCUT2D eigenvalue weighted by atomic mass is 127. The minimum absolute atomic E-state index is 0.00435. The van der Waals surface area contributed by atoms with E-state index < -0.39 is 16.1 Å². The van der Waals surface area contributed by atoms with E-state index >= 15 is 0 Å². The third kappa shape index (κ3) is 4.41. The van der Waals surface area contributed by atoms with E-state index in [1.807, 2.05) is 0 Å². The molecule has 3 aliphatic rings. The molecule has 0 aromatic heterocycles. The molecule has 32 heavy (non-hydrogen) atoms. The Balaban J connectivity index is 1.54. The number of fused-ring (bicyclic) bond motifs is 3. The van der Waals surface area contributed by atoms with Crippen LogP contribution in [0.4, 0.5) is 0 Å². The lowest BCUT2D eigenvalue weighted by Crippen LogP contribution is -2.51. The molecule has 4 rings (SSSR count). The number of hydrogen-bond acceptors (Lipinski definition) is 4. The van der Waals surface area contributed by atoms with Crippen LogP contribution in [0.25, 0.3) is 0 Å². The molecule has 3 aliphatic carbocycles. The van der Waals surface area contributed by atoms with Gasteiger partial charge in [0.2, 0.25) is 0 Å². The number of carbonyl (C=O) groups is 1. The molecule has 0 radical (unpaired) electrons. The van der Waals surface area contributed by atoms with E-state index in [-0.39, 0.29) is 27.9 Å². The average molecular weight is 573 g/mol. The molecule has 2 fully saturated rings. The van der Waals surface area contributed by atoms with Gasteiger partial charge in [-0.3, -0.25) is 4.18 Å². The van der Waals surface area contributed by atoms with Crippen molar-refractivity contribution in [1.29, 1.82) is 0 Å². The fourth-order valence-corrected chi connectivity index (χ4v) is 8.51. The van der Waals surface area contributed by atoms with Gasteiger partial charge in [-0.15, -0.1) is 0 Å². The molecule has 176 valence electrons. The molecule has 2 saturated carbocycles. The van der Waals surface area contributed by atoms with Crippen LogP contribution in [0.5, 0.6) is 0 Å². The fraction of sp³-hybridized carbons (Fsp3) is 0.640. The quantitative estimate of drug-likeness (QED) is 0.196. The van der Waals surface area contributed by atoms with Crippen molar-refractivity contribution >= 4 is 38.7 Å². The number of aromatic carboxylic acids is 1. The summed E-state index contributed by atoms with van der Waals surface area (Å²) in [7, 11) is -3.95. The summed E-state index contributed by atoms with van der Waals surface area (Å²) in [5.74, 6) is -0.0413. The van der Waals surface area contributed by atoms with Gasteiger partial charge in [0, 0.05) is 3.42 Å². The Hall–Kier alpha value is -0.930. The number of alkyl halides is 1. The van der Waals surface area contributed by atoms with Crippen molar-refractivity contribution in [1.82, 2.24) is 0 Å². The number of carboxylic acids is 1. The maximum atomic E-state index is 12.9. The molecule has 1 aromatic rings. The first-order valence-corrected chi connectivity index (χ1v) is 14.0. The molecular weight excluding hydrogens is 539 g/mol. The summed E-state index contributed by atoms with van der Waals surface area (Å²) in [5.41, 5.74) is 1.57. The Morgan fingerprint density at radius 1 is 1.16 bits per heavy atom. The zero-order valence-corrected chi connectivity index (χ0v) is 22.0. The second kappa shape index (κ2) is 8.38. The molecule has 0 amide bonds. The van der Waals surface area contributed by atoms with Crippen molar-refractivity contribution in [2.75, 3.05) is 6.61 Å². The van der Waals surface area contributed by atoms with Crippen molar-refractivity contribution < 1.29 is 22.5 Å². The molecule has 7 heteroatoms. The lowest BCUT2D eigenvalue weighted by molar-refractivity contribution is -0.0468. The number of hydrogen-bond donors (Lipinski definition) is 1. The summed E-state index contributed by atoms with van der Waals surface area (Å²) >= 11 is 2.61. The largest absolute Gasteiger partial charge is 0.478 e. The van der Waals surface area contributed by atoms with Gasteiger partial charge in [-0.05, 0) is 85.5 Å². The van der Waals surface area contributed by atoms with Gasteiger partial charge in [-0.1, -0.05) is 61.4 Å². The molecule has 2 unspecified atom stereocenters. The van der Waals surface area contributed by atoms with E-state index in [0.717, 1.165) is 32.1 Å². The van der Waals surface area contributed by atoms with Crippen molar-refractivity contribution in [3.05, 3.63) is 41.5 Å². The molecular formula is C25H33IO5S. The third-order valence-corrected chi connectivity index (χ3v) is 10.5. The summed E-state index contributed by atoms with van der Waals surface area (Å²) in [6.45, 7) is 7.12. The fourth-order valence-electron chi connectivity index (χ4n) is 6.73. The normalized spacial score (nSPS) is 37.2. The van der Waals surface area contributed by atoms with Crippen molar-refractivity contribution in [3.63, 3.8) is 0 Å². The lowest BCUT2D eigenvalue weighted by atomic mass is 9.47. The first-order chi connectivity index (χ1) is 14.9. The van der Waals surface area contributed by atoms with Crippen LogP contribution in [-0.2, 0) is 14.3 Å². The summed E-state index contributed by atoms with van der Waals surface area (Å²) in [4.78, 5) is 11.1. The van der Waals surface area contributed by atoms with Gasteiger partial charge < -0.3 is 5.11 Å². The number of carboxylic acid groups (broad SMARTS) is 1. The molecule has 1 aromatic carbocycles. The van der Waals surface area contributed by atoms with Gasteiger partial charge in [0.25, 0.3) is 10.1 Å². The van der Waals surface area contributed by atoms with E-state index in [4.69, 9.17) is 9.29 Å². The van der Waals surface area contributed by atoms with Gasteiger partial charge in [-0.25, -0.2) is 4.79 Å². The SMILES string of the molecule is C[C@]1(I)CC=C2C(CCC3[C@](C)(COS(=O)(=O)c4ccc(C(=O)O)cc4)CCC[C@@]23C)C1. The third-order valence-electron chi connectivity index (χ3n) is 8.31. The predicted octanol–water partition coefficient (Wildman–Crippen LogP) is 6.23. The summed E-state index contributed by atoms with van der Waals surface area (Å²) < 4.78 is 31.7. The smallest absolute Gasteiger partial charge is 0.335 e. The van der Waals surface area contributed by atoms with Crippen LogP contribution in [0, 0.1) is 22.7 Å².